The second kappa shape index (κ2) is 12.6. The highest BCUT2D eigenvalue weighted by molar-refractivity contribution is 5.82. The van der Waals surface area contributed by atoms with Crippen molar-refractivity contribution in [3.63, 3.8) is 0 Å². The summed E-state index contributed by atoms with van der Waals surface area (Å²) in [4.78, 5) is 42.9. The number of amides is 4. The third-order valence-corrected chi connectivity index (χ3v) is 8.47. The lowest BCUT2D eigenvalue weighted by Gasteiger charge is -2.42. The number of rotatable bonds is 5. The molecule has 2 aliphatic rings. The molecule has 0 bridgehead atoms. The predicted molar refractivity (Wildman–Crippen MR) is 145 cm³/mol. The van der Waals surface area contributed by atoms with E-state index in [1.54, 1.807) is 11.8 Å². The highest BCUT2D eigenvalue weighted by Crippen LogP contribution is 2.39. The van der Waals surface area contributed by atoms with Gasteiger partial charge in [0.05, 0.1) is 11.1 Å². The Hall–Kier alpha value is -3.84. The van der Waals surface area contributed by atoms with Gasteiger partial charge in [0.25, 0.3) is 0 Å². The minimum Gasteiger partial charge on any atom is -0.351 e. The van der Waals surface area contributed by atoms with Crippen LogP contribution in [0, 0.1) is 24.6 Å². The summed E-state index contributed by atoms with van der Waals surface area (Å²) in [5.41, 5.74) is 3.19. The molecule has 2 aromatic rings. The van der Waals surface area contributed by atoms with Crippen molar-refractivity contribution in [2.45, 2.75) is 51.0 Å². The van der Waals surface area contributed by atoms with Crippen molar-refractivity contribution in [1.29, 1.82) is 0 Å². The Kier molecular flexibility index (Phi) is 9.50. The molecule has 4 amide bonds. The van der Waals surface area contributed by atoms with Crippen LogP contribution >= 0.6 is 0 Å². The van der Waals surface area contributed by atoms with Crippen LogP contribution in [0.2, 0.25) is 0 Å². The van der Waals surface area contributed by atoms with Crippen LogP contribution in [0.15, 0.2) is 36.4 Å². The zero-order valence-corrected chi connectivity index (χ0v) is 24.1. The summed E-state index contributed by atoms with van der Waals surface area (Å²) >= 11 is 0. The summed E-state index contributed by atoms with van der Waals surface area (Å²) in [6, 6.07) is 4.69. The zero-order valence-electron chi connectivity index (χ0n) is 24.1. The van der Waals surface area contributed by atoms with Gasteiger partial charge in [-0.3, -0.25) is 9.59 Å². The Balaban J connectivity index is 1.58. The first kappa shape index (κ1) is 33.1. The van der Waals surface area contributed by atoms with E-state index in [2.05, 4.69) is 0 Å². The molecule has 2 aromatic carbocycles. The minimum absolute atomic E-state index is 0.0309. The van der Waals surface area contributed by atoms with E-state index in [1.807, 2.05) is 0 Å². The summed E-state index contributed by atoms with van der Waals surface area (Å²) < 4.78 is 94.3. The summed E-state index contributed by atoms with van der Waals surface area (Å²) in [6.45, 7) is 2.10. The van der Waals surface area contributed by atoms with E-state index >= 15 is 0 Å². The average Bonchev–Trinajstić information content (AvgIpc) is 2.95. The van der Waals surface area contributed by atoms with Gasteiger partial charge in [0.1, 0.15) is 5.82 Å². The van der Waals surface area contributed by atoms with Gasteiger partial charge in [0, 0.05) is 57.5 Å². The average molecular weight is 631 g/mol. The van der Waals surface area contributed by atoms with Gasteiger partial charge >= 0.3 is 18.4 Å². The van der Waals surface area contributed by atoms with Crippen molar-refractivity contribution in [2.75, 3.05) is 33.2 Å². The monoisotopic (exact) mass is 630 g/mol. The maximum Gasteiger partial charge on any atom is 0.416 e. The number of hydrogen-bond donors (Lipinski definition) is 1. The summed E-state index contributed by atoms with van der Waals surface area (Å²) in [7, 11) is 1.30. The molecular weight excluding hydrogens is 597 g/mol. The molecule has 2 heterocycles. The van der Waals surface area contributed by atoms with Crippen LogP contribution < -0.4 is 5.73 Å². The highest BCUT2D eigenvalue weighted by Gasteiger charge is 2.41. The molecular formula is C30H33F7N4O3. The first-order valence-corrected chi connectivity index (χ1v) is 14.1. The molecule has 0 saturated carbocycles. The number of likely N-dealkylation sites (tertiary alicyclic amines) is 2. The van der Waals surface area contributed by atoms with Crippen molar-refractivity contribution in [3.8, 4) is 0 Å². The molecule has 2 aliphatic heterocycles. The fourth-order valence-corrected chi connectivity index (χ4v) is 6.17. The number of alkyl halides is 6. The smallest absolute Gasteiger partial charge is 0.351 e. The van der Waals surface area contributed by atoms with Crippen LogP contribution in [0.4, 0.5) is 35.5 Å². The van der Waals surface area contributed by atoms with E-state index < -0.39 is 59.6 Å². The van der Waals surface area contributed by atoms with Gasteiger partial charge in [-0.05, 0) is 73.2 Å². The number of hydrogen-bond acceptors (Lipinski definition) is 3. The molecule has 0 radical (unpaired) electrons. The second-order valence-corrected chi connectivity index (χ2v) is 11.5. The van der Waals surface area contributed by atoms with Crippen molar-refractivity contribution in [1.82, 2.24) is 14.7 Å². The minimum atomic E-state index is -5.03. The van der Waals surface area contributed by atoms with E-state index in [0.717, 1.165) is 4.90 Å². The Morgan fingerprint density at radius 3 is 1.98 bits per heavy atom. The summed E-state index contributed by atoms with van der Waals surface area (Å²) in [5.74, 6) is -2.92. The molecule has 2 fully saturated rings. The number of urea groups is 1. The molecule has 4 rings (SSSR count). The van der Waals surface area contributed by atoms with Crippen LogP contribution in [0.3, 0.4) is 0 Å². The predicted octanol–water partition coefficient (Wildman–Crippen LogP) is 5.55. The number of halogens is 7. The zero-order chi connectivity index (χ0) is 32.6. The van der Waals surface area contributed by atoms with Gasteiger partial charge in [-0.25, -0.2) is 9.18 Å². The molecule has 0 aliphatic carbocycles. The number of primary amides is 1. The molecule has 14 heteroatoms. The van der Waals surface area contributed by atoms with E-state index in [-0.39, 0.29) is 43.0 Å². The van der Waals surface area contributed by atoms with Crippen molar-refractivity contribution in [2.24, 2.45) is 17.6 Å². The Labute approximate surface area is 249 Å². The standard InChI is InChI=1S/C30H33F7N4O3/c1-17-11-22(31)3-4-23(17)25-16-41(26(42)19-5-8-40(9-6-19)28(38)44)10-7-24(25)27(43)39(2)15-18-12-20(29(32,33)34)14-21(13-18)30(35,36)37/h3-4,11-14,19,24-25H,5-10,15-16H2,1-2H3,(H2,38,44)/t24-,25+/m1/s1. The van der Waals surface area contributed by atoms with E-state index in [9.17, 15) is 45.1 Å². The highest BCUT2D eigenvalue weighted by atomic mass is 19.4. The number of carbonyl (C=O) groups excluding carboxylic acids is 3. The largest absolute Gasteiger partial charge is 0.416 e. The molecule has 0 unspecified atom stereocenters. The van der Waals surface area contributed by atoms with E-state index in [4.69, 9.17) is 5.73 Å². The van der Waals surface area contributed by atoms with Crippen molar-refractivity contribution in [3.05, 3.63) is 70.0 Å². The quantitative estimate of drug-likeness (QED) is 0.440. The van der Waals surface area contributed by atoms with Crippen LogP contribution in [0.5, 0.6) is 0 Å². The number of aryl methyl sites for hydroxylation is 1. The van der Waals surface area contributed by atoms with E-state index in [0.29, 0.717) is 49.2 Å². The maximum atomic E-state index is 14.0. The lowest BCUT2D eigenvalue weighted by molar-refractivity contribution is -0.144. The number of piperidine rings is 2. The number of nitrogens with zero attached hydrogens (tertiary/aromatic N) is 3. The van der Waals surface area contributed by atoms with Crippen molar-refractivity contribution < 1.29 is 45.1 Å². The topological polar surface area (TPSA) is 87.0 Å². The second-order valence-electron chi connectivity index (χ2n) is 11.5. The fraction of sp³-hybridized carbons (Fsp3) is 0.500. The Bertz CT molecular complexity index is 1370. The number of nitrogens with two attached hydrogens (primary N) is 1. The van der Waals surface area contributed by atoms with Gasteiger partial charge < -0.3 is 20.4 Å². The van der Waals surface area contributed by atoms with Gasteiger partial charge in [0.15, 0.2) is 0 Å². The van der Waals surface area contributed by atoms with E-state index in [1.165, 1.54) is 30.1 Å². The van der Waals surface area contributed by atoms with Gasteiger partial charge in [-0.2, -0.15) is 26.3 Å². The first-order chi connectivity index (χ1) is 20.5. The van der Waals surface area contributed by atoms with Crippen molar-refractivity contribution >= 4 is 17.8 Å². The van der Waals surface area contributed by atoms with Crippen LogP contribution in [-0.4, -0.2) is 65.8 Å². The molecule has 0 spiro atoms. The molecule has 2 atom stereocenters. The Morgan fingerprint density at radius 2 is 1.45 bits per heavy atom. The fourth-order valence-electron chi connectivity index (χ4n) is 6.17. The number of carbonyl (C=O) groups is 3. The first-order valence-electron chi connectivity index (χ1n) is 14.1. The third kappa shape index (κ3) is 7.44. The van der Waals surface area contributed by atoms with Crippen LogP contribution in [0.1, 0.15) is 53.0 Å². The van der Waals surface area contributed by atoms with Crippen LogP contribution in [0.25, 0.3) is 0 Å². The van der Waals surface area contributed by atoms with Gasteiger partial charge in [-0.15, -0.1) is 0 Å². The molecule has 44 heavy (non-hydrogen) atoms. The molecule has 7 nitrogen and oxygen atoms in total. The normalized spacial score (nSPS) is 20.0. The Morgan fingerprint density at radius 1 is 0.886 bits per heavy atom. The lowest BCUT2D eigenvalue weighted by Crippen LogP contribution is -2.51. The van der Waals surface area contributed by atoms with Gasteiger partial charge in [0.2, 0.25) is 11.8 Å². The molecule has 0 aromatic heterocycles. The third-order valence-electron chi connectivity index (χ3n) is 8.47. The maximum absolute atomic E-state index is 14.0. The SMILES string of the molecule is Cc1cc(F)ccc1[C@@H]1CN(C(=O)C2CCN(C(N)=O)CC2)CC[C@H]1C(=O)N(C)Cc1cc(C(F)(F)F)cc(C(F)(F)F)c1. The van der Waals surface area contributed by atoms with Crippen LogP contribution in [-0.2, 0) is 28.5 Å². The molecule has 2 saturated heterocycles. The lowest BCUT2D eigenvalue weighted by atomic mass is 9.77. The summed E-state index contributed by atoms with van der Waals surface area (Å²) in [5, 5.41) is 0. The number of benzene rings is 2. The molecule has 2 N–H and O–H groups in total. The summed E-state index contributed by atoms with van der Waals surface area (Å²) in [6.07, 6.45) is -9.05. The van der Waals surface area contributed by atoms with Gasteiger partial charge in [-0.1, -0.05) is 6.07 Å². The molecule has 240 valence electrons.